The largest absolute Gasteiger partial charge is 0.381 e. The molecule has 0 aliphatic carbocycles. The molecule has 0 spiro atoms. The molecule has 0 saturated heterocycles. The van der Waals surface area contributed by atoms with Crippen LogP contribution in [-0.4, -0.2) is 47.9 Å². The number of nitrogens with one attached hydrogen (secondary N) is 1. The minimum Gasteiger partial charge on any atom is -0.381 e. The SMILES string of the molecule is CCC(CSC)Nc1ccnc(C(=O)N(C)C)c1. The second kappa shape index (κ2) is 7.26. The molecule has 0 radical (unpaired) electrons. The number of rotatable bonds is 6. The first-order valence-corrected chi connectivity index (χ1v) is 7.41. The maximum absolute atomic E-state index is 11.8. The van der Waals surface area contributed by atoms with Crippen molar-refractivity contribution in [1.29, 1.82) is 0 Å². The van der Waals surface area contributed by atoms with Crippen molar-refractivity contribution in [1.82, 2.24) is 9.88 Å². The second-order valence-corrected chi connectivity index (χ2v) is 5.24. The molecule has 0 aliphatic rings. The van der Waals surface area contributed by atoms with Crippen molar-refractivity contribution in [2.75, 3.05) is 31.4 Å². The van der Waals surface area contributed by atoms with Gasteiger partial charge in [0.05, 0.1) is 0 Å². The molecule has 0 bridgehead atoms. The summed E-state index contributed by atoms with van der Waals surface area (Å²) in [4.78, 5) is 17.4. The van der Waals surface area contributed by atoms with Crippen molar-refractivity contribution in [3.8, 4) is 0 Å². The number of thioether (sulfide) groups is 1. The summed E-state index contributed by atoms with van der Waals surface area (Å²) >= 11 is 1.82. The molecule has 1 unspecified atom stereocenters. The van der Waals surface area contributed by atoms with E-state index in [-0.39, 0.29) is 5.91 Å². The fourth-order valence-corrected chi connectivity index (χ4v) is 2.29. The van der Waals surface area contributed by atoms with Crippen LogP contribution < -0.4 is 5.32 Å². The summed E-state index contributed by atoms with van der Waals surface area (Å²) in [5.74, 6) is 0.979. The second-order valence-electron chi connectivity index (χ2n) is 4.33. The van der Waals surface area contributed by atoms with Crippen molar-refractivity contribution >= 4 is 23.4 Å². The minimum atomic E-state index is -0.0726. The summed E-state index contributed by atoms with van der Waals surface area (Å²) in [5, 5.41) is 3.43. The molecule has 1 amide bonds. The van der Waals surface area contributed by atoms with Crippen LogP contribution in [0.5, 0.6) is 0 Å². The Hall–Kier alpha value is -1.23. The van der Waals surface area contributed by atoms with E-state index in [0.717, 1.165) is 17.9 Å². The number of carbonyl (C=O) groups is 1. The molecular formula is C13H21N3OS. The van der Waals surface area contributed by atoms with E-state index < -0.39 is 0 Å². The van der Waals surface area contributed by atoms with E-state index in [1.54, 1.807) is 20.3 Å². The maximum Gasteiger partial charge on any atom is 0.272 e. The third-order valence-electron chi connectivity index (χ3n) is 2.62. The van der Waals surface area contributed by atoms with E-state index in [4.69, 9.17) is 0 Å². The lowest BCUT2D eigenvalue weighted by atomic mass is 10.2. The first-order valence-electron chi connectivity index (χ1n) is 6.01. The highest BCUT2D eigenvalue weighted by Gasteiger charge is 2.11. The molecule has 18 heavy (non-hydrogen) atoms. The predicted molar refractivity (Wildman–Crippen MR) is 78.3 cm³/mol. The Morgan fingerprint density at radius 3 is 2.83 bits per heavy atom. The average Bonchev–Trinajstić information content (AvgIpc) is 2.37. The van der Waals surface area contributed by atoms with Crippen LogP contribution in [0, 0.1) is 0 Å². The van der Waals surface area contributed by atoms with E-state index in [0.29, 0.717) is 11.7 Å². The van der Waals surface area contributed by atoms with Crippen molar-refractivity contribution in [3.05, 3.63) is 24.0 Å². The van der Waals surface area contributed by atoms with Gasteiger partial charge in [-0.3, -0.25) is 9.78 Å². The first-order chi connectivity index (χ1) is 8.58. The Bertz CT molecular complexity index is 396. The fraction of sp³-hybridized carbons (Fsp3) is 0.538. The summed E-state index contributed by atoms with van der Waals surface area (Å²) in [5.41, 5.74) is 1.43. The standard InChI is InChI=1S/C13H21N3OS/c1-5-10(9-18-4)15-11-6-7-14-12(8-11)13(17)16(2)3/h6-8,10H,5,9H2,1-4H3,(H,14,15). The van der Waals surface area contributed by atoms with Gasteiger partial charge >= 0.3 is 0 Å². The van der Waals surface area contributed by atoms with Crippen LogP contribution >= 0.6 is 11.8 Å². The molecular weight excluding hydrogens is 246 g/mol. The van der Waals surface area contributed by atoms with Crippen LogP contribution in [0.2, 0.25) is 0 Å². The van der Waals surface area contributed by atoms with Gasteiger partial charge in [0, 0.05) is 37.8 Å². The Kier molecular flexibility index (Phi) is 5.98. The fourth-order valence-electron chi connectivity index (χ4n) is 1.56. The number of hydrogen-bond donors (Lipinski definition) is 1. The maximum atomic E-state index is 11.8. The lowest BCUT2D eigenvalue weighted by molar-refractivity contribution is 0.0822. The molecule has 5 heteroatoms. The van der Waals surface area contributed by atoms with Gasteiger partial charge in [0.15, 0.2) is 0 Å². The van der Waals surface area contributed by atoms with Crippen molar-refractivity contribution < 1.29 is 4.79 Å². The normalized spacial score (nSPS) is 12.0. The average molecular weight is 267 g/mol. The zero-order valence-electron chi connectivity index (χ0n) is 11.4. The summed E-state index contributed by atoms with van der Waals surface area (Å²) in [7, 11) is 3.46. The van der Waals surface area contributed by atoms with E-state index >= 15 is 0 Å². The van der Waals surface area contributed by atoms with Gasteiger partial charge in [-0.05, 0) is 24.8 Å². The number of amides is 1. The van der Waals surface area contributed by atoms with Crippen LogP contribution in [-0.2, 0) is 0 Å². The molecule has 0 aliphatic heterocycles. The molecule has 4 nitrogen and oxygen atoms in total. The van der Waals surface area contributed by atoms with E-state index in [1.807, 2.05) is 23.9 Å². The Balaban J connectivity index is 2.78. The third-order valence-corrected chi connectivity index (χ3v) is 3.35. The van der Waals surface area contributed by atoms with Gasteiger partial charge < -0.3 is 10.2 Å². The number of hydrogen-bond acceptors (Lipinski definition) is 4. The zero-order chi connectivity index (χ0) is 13.5. The quantitative estimate of drug-likeness (QED) is 0.859. The molecule has 1 atom stereocenters. The van der Waals surface area contributed by atoms with Gasteiger partial charge in [0.1, 0.15) is 5.69 Å². The van der Waals surface area contributed by atoms with Gasteiger partial charge in [0.25, 0.3) is 5.91 Å². The predicted octanol–water partition coefficient (Wildman–Crippen LogP) is 2.34. The molecule has 1 heterocycles. The summed E-state index contributed by atoms with van der Waals surface area (Å²) in [6, 6.07) is 4.13. The van der Waals surface area contributed by atoms with E-state index in [9.17, 15) is 4.79 Å². The van der Waals surface area contributed by atoms with Crippen LogP contribution in [0.1, 0.15) is 23.8 Å². The first kappa shape index (κ1) is 14.8. The number of pyridine rings is 1. The highest BCUT2D eigenvalue weighted by atomic mass is 32.2. The van der Waals surface area contributed by atoms with Gasteiger partial charge in [-0.1, -0.05) is 6.92 Å². The van der Waals surface area contributed by atoms with Crippen LogP contribution in [0.15, 0.2) is 18.3 Å². The van der Waals surface area contributed by atoms with Crippen LogP contribution in [0.25, 0.3) is 0 Å². The zero-order valence-corrected chi connectivity index (χ0v) is 12.3. The number of nitrogens with zero attached hydrogens (tertiary/aromatic N) is 2. The molecule has 0 aromatic carbocycles. The molecule has 1 rings (SSSR count). The van der Waals surface area contributed by atoms with Crippen molar-refractivity contribution in [2.24, 2.45) is 0 Å². The van der Waals surface area contributed by atoms with Crippen LogP contribution in [0.3, 0.4) is 0 Å². The van der Waals surface area contributed by atoms with Crippen molar-refractivity contribution in [3.63, 3.8) is 0 Å². The number of carbonyl (C=O) groups excluding carboxylic acids is 1. The lowest BCUT2D eigenvalue weighted by Crippen LogP contribution is -2.24. The smallest absolute Gasteiger partial charge is 0.272 e. The minimum absolute atomic E-state index is 0.0726. The molecule has 1 aromatic heterocycles. The van der Waals surface area contributed by atoms with Gasteiger partial charge in [-0.2, -0.15) is 11.8 Å². The number of aromatic nitrogens is 1. The van der Waals surface area contributed by atoms with Gasteiger partial charge in [-0.15, -0.1) is 0 Å². The van der Waals surface area contributed by atoms with E-state index in [2.05, 4.69) is 23.5 Å². The third kappa shape index (κ3) is 4.22. The Morgan fingerprint density at radius 1 is 1.56 bits per heavy atom. The summed E-state index contributed by atoms with van der Waals surface area (Å²) < 4.78 is 0. The monoisotopic (exact) mass is 267 g/mol. The Labute approximate surface area is 113 Å². The summed E-state index contributed by atoms with van der Waals surface area (Å²) in [6.07, 6.45) is 4.82. The highest BCUT2D eigenvalue weighted by molar-refractivity contribution is 7.98. The van der Waals surface area contributed by atoms with Crippen molar-refractivity contribution in [2.45, 2.75) is 19.4 Å². The van der Waals surface area contributed by atoms with Gasteiger partial charge in [0.2, 0.25) is 0 Å². The molecule has 1 N–H and O–H groups in total. The lowest BCUT2D eigenvalue weighted by Gasteiger charge is -2.17. The highest BCUT2D eigenvalue weighted by Crippen LogP contribution is 2.13. The molecule has 100 valence electrons. The number of anilines is 1. The topological polar surface area (TPSA) is 45.2 Å². The van der Waals surface area contributed by atoms with Crippen LogP contribution in [0.4, 0.5) is 5.69 Å². The Morgan fingerprint density at radius 2 is 2.28 bits per heavy atom. The molecule has 0 fully saturated rings. The molecule has 0 saturated carbocycles. The van der Waals surface area contributed by atoms with E-state index in [1.165, 1.54) is 4.90 Å². The molecule has 1 aromatic rings. The summed E-state index contributed by atoms with van der Waals surface area (Å²) in [6.45, 7) is 2.15. The van der Waals surface area contributed by atoms with Gasteiger partial charge in [-0.25, -0.2) is 0 Å².